The van der Waals surface area contributed by atoms with Gasteiger partial charge in [-0.2, -0.15) is 0 Å². The highest BCUT2D eigenvalue weighted by Gasteiger charge is 2.24. The summed E-state index contributed by atoms with van der Waals surface area (Å²) in [7, 11) is 0. The topological polar surface area (TPSA) is 68.6 Å². The van der Waals surface area contributed by atoms with Crippen LogP contribution in [0.2, 0.25) is 0 Å². The van der Waals surface area contributed by atoms with Crippen molar-refractivity contribution < 1.29 is 23.5 Å². The molecule has 0 spiro atoms. The van der Waals surface area contributed by atoms with E-state index in [4.69, 9.17) is 4.74 Å². The van der Waals surface area contributed by atoms with Gasteiger partial charge in [-0.05, 0) is 44.5 Å². The van der Waals surface area contributed by atoms with Gasteiger partial charge in [-0.25, -0.2) is 4.39 Å². The molecule has 148 valence electrons. The first kappa shape index (κ1) is 20.1. The Balaban J connectivity index is 1.69. The number of amides is 1. The number of thioether (sulfide) groups is 1. The summed E-state index contributed by atoms with van der Waals surface area (Å²) in [5, 5.41) is 0. The van der Waals surface area contributed by atoms with Gasteiger partial charge in [0.15, 0.2) is 6.61 Å². The minimum absolute atomic E-state index is 0.109. The van der Waals surface area contributed by atoms with E-state index >= 15 is 0 Å². The molecule has 0 atom stereocenters. The summed E-state index contributed by atoms with van der Waals surface area (Å²) in [5.74, 6) is -0.571. The highest BCUT2D eigenvalue weighted by Crippen LogP contribution is 2.23. The average Bonchev–Trinajstić information content (AvgIpc) is 3.18. The van der Waals surface area contributed by atoms with E-state index in [1.807, 2.05) is 6.92 Å². The Morgan fingerprint density at radius 2 is 1.96 bits per heavy atom. The number of rotatable bonds is 6. The normalized spacial score (nSPS) is 13.9. The molecule has 0 bridgehead atoms. The van der Waals surface area contributed by atoms with E-state index in [-0.39, 0.29) is 24.1 Å². The van der Waals surface area contributed by atoms with E-state index in [9.17, 15) is 18.8 Å². The van der Waals surface area contributed by atoms with Crippen LogP contribution >= 0.6 is 11.8 Å². The fourth-order valence-electron chi connectivity index (χ4n) is 3.13. The number of hydrogen-bond donors (Lipinski definition) is 0. The fraction of sp³-hybridized carbons (Fsp3) is 0.350. The largest absolute Gasteiger partial charge is 0.456 e. The van der Waals surface area contributed by atoms with Gasteiger partial charge in [0, 0.05) is 22.6 Å². The molecule has 8 heteroatoms. The van der Waals surface area contributed by atoms with Crippen LogP contribution in [0, 0.1) is 26.6 Å². The molecule has 1 amide bonds. The summed E-state index contributed by atoms with van der Waals surface area (Å²) in [6.07, 6.45) is 0. The molecule has 3 rings (SSSR count). The van der Waals surface area contributed by atoms with Crippen molar-refractivity contribution in [1.29, 1.82) is 0 Å². The maximum absolute atomic E-state index is 13.9. The van der Waals surface area contributed by atoms with Crippen molar-refractivity contribution >= 4 is 29.4 Å². The van der Waals surface area contributed by atoms with Crippen LogP contribution in [0.1, 0.15) is 27.3 Å². The molecule has 0 saturated carbocycles. The number of carbonyl (C=O) groups excluding carboxylic acids is 3. The summed E-state index contributed by atoms with van der Waals surface area (Å²) in [6.45, 7) is 4.72. The Labute approximate surface area is 166 Å². The number of esters is 1. The van der Waals surface area contributed by atoms with Crippen LogP contribution in [0.15, 0.2) is 24.3 Å². The maximum atomic E-state index is 13.9. The number of ketones is 1. The summed E-state index contributed by atoms with van der Waals surface area (Å²) < 4.78 is 20.8. The van der Waals surface area contributed by atoms with Gasteiger partial charge >= 0.3 is 5.97 Å². The molecule has 1 aromatic carbocycles. The lowest BCUT2D eigenvalue weighted by Crippen LogP contribution is -2.33. The van der Waals surface area contributed by atoms with Gasteiger partial charge in [0.25, 0.3) is 0 Å². The minimum atomic E-state index is -0.612. The van der Waals surface area contributed by atoms with Gasteiger partial charge in [-0.15, -0.1) is 11.8 Å². The molecule has 0 N–H and O–H groups in total. The second kappa shape index (κ2) is 8.18. The number of ether oxygens (including phenoxy) is 1. The van der Waals surface area contributed by atoms with Crippen molar-refractivity contribution in [2.45, 2.75) is 20.8 Å². The monoisotopic (exact) mass is 404 g/mol. The Kier molecular flexibility index (Phi) is 5.88. The molecule has 1 fully saturated rings. The number of aromatic nitrogens is 1. The van der Waals surface area contributed by atoms with Gasteiger partial charge in [-0.1, -0.05) is 6.07 Å². The van der Waals surface area contributed by atoms with Crippen LogP contribution in [0.25, 0.3) is 5.69 Å². The fourth-order valence-corrected chi connectivity index (χ4v) is 4.03. The summed E-state index contributed by atoms with van der Waals surface area (Å²) in [6, 6.07) is 6.60. The van der Waals surface area contributed by atoms with E-state index in [0.717, 1.165) is 5.69 Å². The maximum Gasteiger partial charge on any atom is 0.326 e. The first-order valence-electron chi connectivity index (χ1n) is 8.77. The van der Waals surface area contributed by atoms with Gasteiger partial charge in [-0.3, -0.25) is 14.4 Å². The zero-order valence-corrected chi connectivity index (χ0v) is 16.8. The highest BCUT2D eigenvalue weighted by atomic mass is 32.2. The van der Waals surface area contributed by atoms with Crippen LogP contribution in [0.3, 0.4) is 0 Å². The zero-order chi connectivity index (χ0) is 20.4. The molecule has 1 aromatic heterocycles. The summed E-state index contributed by atoms with van der Waals surface area (Å²) >= 11 is 1.43. The lowest BCUT2D eigenvalue weighted by atomic mass is 10.1. The standard InChI is InChI=1S/C20H21FN2O4S/c1-12-4-5-15(7-17(12)21)23-13(2)6-16(14(23)3)18(24)9-27-20(26)8-22-11-28-10-19(22)25/h4-7H,8-11H2,1-3H3. The van der Waals surface area contributed by atoms with Crippen LogP contribution in [0.4, 0.5) is 4.39 Å². The summed E-state index contributed by atoms with van der Waals surface area (Å²) in [4.78, 5) is 37.4. The van der Waals surface area contributed by atoms with E-state index < -0.39 is 12.6 Å². The average molecular weight is 404 g/mol. The number of aryl methyl sites for hydroxylation is 2. The number of carbonyl (C=O) groups is 3. The minimum Gasteiger partial charge on any atom is -0.456 e. The molecule has 1 aliphatic heterocycles. The van der Waals surface area contributed by atoms with Crippen LogP contribution < -0.4 is 0 Å². The number of halogens is 1. The third-order valence-electron chi connectivity index (χ3n) is 4.65. The Morgan fingerprint density at radius 3 is 2.61 bits per heavy atom. The molecule has 2 heterocycles. The smallest absolute Gasteiger partial charge is 0.326 e. The van der Waals surface area contributed by atoms with Crippen molar-refractivity contribution in [2.75, 3.05) is 24.8 Å². The third kappa shape index (κ3) is 4.11. The molecule has 2 aromatic rings. The van der Waals surface area contributed by atoms with Crippen molar-refractivity contribution in [2.24, 2.45) is 0 Å². The zero-order valence-electron chi connectivity index (χ0n) is 16.0. The lowest BCUT2D eigenvalue weighted by Gasteiger charge is -2.13. The molecule has 6 nitrogen and oxygen atoms in total. The van der Waals surface area contributed by atoms with Crippen molar-refractivity contribution in [3.63, 3.8) is 0 Å². The molecular weight excluding hydrogens is 383 g/mol. The number of Topliss-reactive ketones (excluding diaryl/α,β-unsaturated/α-hetero) is 1. The van der Waals surface area contributed by atoms with Crippen LogP contribution in [-0.2, 0) is 14.3 Å². The van der Waals surface area contributed by atoms with Crippen LogP contribution in [-0.4, -0.2) is 51.9 Å². The lowest BCUT2D eigenvalue weighted by molar-refractivity contribution is -0.146. The number of hydrogen-bond acceptors (Lipinski definition) is 5. The predicted octanol–water partition coefficient (Wildman–Crippen LogP) is 2.80. The molecule has 28 heavy (non-hydrogen) atoms. The highest BCUT2D eigenvalue weighted by molar-refractivity contribution is 8.00. The number of nitrogens with zero attached hydrogens (tertiary/aromatic N) is 2. The number of benzene rings is 1. The van der Waals surface area contributed by atoms with E-state index in [1.54, 1.807) is 36.6 Å². The Morgan fingerprint density at radius 1 is 1.21 bits per heavy atom. The van der Waals surface area contributed by atoms with Gasteiger partial charge < -0.3 is 14.2 Å². The van der Waals surface area contributed by atoms with E-state index in [2.05, 4.69) is 0 Å². The van der Waals surface area contributed by atoms with Gasteiger partial charge in [0.05, 0.1) is 11.6 Å². The molecule has 1 saturated heterocycles. The molecule has 1 aliphatic rings. The van der Waals surface area contributed by atoms with Crippen LogP contribution in [0.5, 0.6) is 0 Å². The summed E-state index contributed by atoms with van der Waals surface area (Å²) in [5.41, 5.74) is 3.01. The second-order valence-corrected chi connectivity index (χ2v) is 7.66. The molecule has 0 radical (unpaired) electrons. The van der Waals surface area contributed by atoms with Crippen molar-refractivity contribution in [3.8, 4) is 5.69 Å². The molecule has 0 unspecified atom stereocenters. The van der Waals surface area contributed by atoms with Crippen molar-refractivity contribution in [3.05, 3.63) is 52.6 Å². The molecular formula is C20H21FN2O4S. The Bertz CT molecular complexity index is 954. The predicted molar refractivity (Wildman–Crippen MR) is 104 cm³/mol. The van der Waals surface area contributed by atoms with Gasteiger partial charge in [0.2, 0.25) is 11.7 Å². The van der Waals surface area contributed by atoms with E-state index in [0.29, 0.717) is 34.1 Å². The first-order valence-corrected chi connectivity index (χ1v) is 9.93. The first-order chi connectivity index (χ1) is 13.3. The third-order valence-corrected chi connectivity index (χ3v) is 5.60. The van der Waals surface area contributed by atoms with Crippen molar-refractivity contribution in [1.82, 2.24) is 9.47 Å². The SMILES string of the molecule is Cc1ccc(-n2c(C)cc(C(=O)COC(=O)CN3CSCC3=O)c2C)cc1F. The second-order valence-electron chi connectivity index (χ2n) is 6.71. The van der Waals surface area contributed by atoms with E-state index in [1.165, 1.54) is 22.7 Å². The quantitative estimate of drug-likeness (QED) is 0.547. The molecule has 0 aliphatic carbocycles. The Hall–Kier alpha value is -2.61. The van der Waals surface area contributed by atoms with Gasteiger partial charge in [0.1, 0.15) is 12.4 Å².